The molecule has 166 valence electrons. The molecule has 7 nitrogen and oxygen atoms in total. The number of para-hydroxylation sites is 1. The first-order chi connectivity index (χ1) is 14.8. The predicted octanol–water partition coefficient (Wildman–Crippen LogP) is 3.25. The van der Waals surface area contributed by atoms with Gasteiger partial charge >= 0.3 is 0 Å². The van der Waals surface area contributed by atoms with E-state index in [4.69, 9.17) is 0 Å². The molecule has 0 unspecified atom stereocenters. The molecule has 0 saturated carbocycles. The van der Waals surface area contributed by atoms with Crippen molar-refractivity contribution in [1.29, 1.82) is 0 Å². The first-order valence-electron chi connectivity index (χ1n) is 10.2. The van der Waals surface area contributed by atoms with Crippen LogP contribution in [0, 0.1) is 5.82 Å². The molecule has 0 atom stereocenters. The predicted molar refractivity (Wildman–Crippen MR) is 118 cm³/mol. The van der Waals surface area contributed by atoms with Gasteiger partial charge in [0, 0.05) is 26.1 Å². The first kappa shape index (κ1) is 22.7. The van der Waals surface area contributed by atoms with Gasteiger partial charge in [-0.05, 0) is 55.7 Å². The molecule has 1 fully saturated rings. The molecule has 3 rings (SSSR count). The number of carbonyl (C=O) groups excluding carboxylic acids is 2. The Morgan fingerprint density at radius 2 is 1.71 bits per heavy atom. The molecule has 0 spiro atoms. The van der Waals surface area contributed by atoms with E-state index in [1.54, 1.807) is 29.2 Å². The maximum Gasteiger partial charge on any atom is 0.255 e. The van der Waals surface area contributed by atoms with Crippen molar-refractivity contribution in [1.82, 2.24) is 4.90 Å². The summed E-state index contributed by atoms with van der Waals surface area (Å²) in [6.45, 7) is 1.50. The zero-order valence-corrected chi connectivity index (χ0v) is 18.2. The molecule has 2 aromatic carbocycles. The molecule has 1 aliphatic rings. The fourth-order valence-corrected chi connectivity index (χ4v) is 4.52. The third-order valence-corrected chi connectivity index (χ3v) is 6.30. The van der Waals surface area contributed by atoms with Crippen LogP contribution in [0.5, 0.6) is 0 Å². The molecular formula is C22H26FN3O4S. The number of rotatable bonds is 8. The molecule has 0 aliphatic carbocycles. The zero-order valence-electron chi connectivity index (χ0n) is 17.4. The van der Waals surface area contributed by atoms with Gasteiger partial charge in [-0.1, -0.05) is 12.1 Å². The second-order valence-electron chi connectivity index (χ2n) is 7.51. The van der Waals surface area contributed by atoms with Crippen molar-refractivity contribution in [3.05, 3.63) is 59.9 Å². The molecule has 1 aliphatic heterocycles. The zero-order chi connectivity index (χ0) is 22.4. The van der Waals surface area contributed by atoms with Gasteiger partial charge in [0.05, 0.1) is 23.2 Å². The standard InChI is InChI=1S/C22H26FN3O4S/c1-31(29,30)26(18-12-10-17(23)11-13-18)16-6-9-21(27)24-20-8-3-2-7-19(20)22(28)25-14-4-5-15-25/h2-3,7-8,10-13H,4-6,9,14-16H2,1H3,(H,24,27). The van der Waals surface area contributed by atoms with Crippen LogP contribution in [0.1, 0.15) is 36.0 Å². The Kier molecular flexibility index (Phi) is 7.27. The highest BCUT2D eigenvalue weighted by Crippen LogP contribution is 2.21. The Morgan fingerprint density at radius 3 is 2.35 bits per heavy atom. The van der Waals surface area contributed by atoms with Crippen LogP contribution in [0.2, 0.25) is 0 Å². The van der Waals surface area contributed by atoms with Crippen LogP contribution < -0.4 is 9.62 Å². The molecule has 2 amide bonds. The molecular weight excluding hydrogens is 421 g/mol. The van der Waals surface area contributed by atoms with Crippen molar-refractivity contribution in [3.8, 4) is 0 Å². The van der Waals surface area contributed by atoms with Gasteiger partial charge in [0.15, 0.2) is 0 Å². The van der Waals surface area contributed by atoms with E-state index >= 15 is 0 Å². The van der Waals surface area contributed by atoms with Gasteiger partial charge in [0.1, 0.15) is 5.82 Å². The SMILES string of the molecule is CS(=O)(=O)N(CCCC(=O)Nc1ccccc1C(=O)N1CCCC1)c1ccc(F)cc1. The fourth-order valence-electron chi connectivity index (χ4n) is 3.56. The average Bonchev–Trinajstić information content (AvgIpc) is 3.26. The van der Waals surface area contributed by atoms with E-state index in [-0.39, 0.29) is 31.2 Å². The van der Waals surface area contributed by atoms with E-state index in [1.165, 1.54) is 24.3 Å². The molecule has 1 heterocycles. The van der Waals surface area contributed by atoms with Crippen LogP contribution in [-0.4, -0.2) is 51.0 Å². The van der Waals surface area contributed by atoms with E-state index in [9.17, 15) is 22.4 Å². The van der Waals surface area contributed by atoms with Crippen LogP contribution in [0.4, 0.5) is 15.8 Å². The summed E-state index contributed by atoms with van der Waals surface area (Å²) in [5, 5.41) is 2.77. The smallest absolute Gasteiger partial charge is 0.255 e. The van der Waals surface area contributed by atoms with Crippen molar-refractivity contribution >= 4 is 33.2 Å². The van der Waals surface area contributed by atoms with Crippen molar-refractivity contribution in [3.63, 3.8) is 0 Å². The van der Waals surface area contributed by atoms with Crippen LogP contribution in [-0.2, 0) is 14.8 Å². The first-order valence-corrected chi connectivity index (χ1v) is 12.0. The summed E-state index contributed by atoms with van der Waals surface area (Å²) in [4.78, 5) is 27.0. The lowest BCUT2D eigenvalue weighted by Gasteiger charge is -2.22. The van der Waals surface area contributed by atoms with E-state index in [1.807, 2.05) is 0 Å². The summed E-state index contributed by atoms with van der Waals surface area (Å²) in [7, 11) is -3.59. The van der Waals surface area contributed by atoms with Crippen molar-refractivity contribution < 1.29 is 22.4 Å². The molecule has 31 heavy (non-hydrogen) atoms. The van der Waals surface area contributed by atoms with Gasteiger partial charge in [0.2, 0.25) is 15.9 Å². The highest BCUT2D eigenvalue weighted by atomic mass is 32.2. The lowest BCUT2D eigenvalue weighted by molar-refractivity contribution is -0.116. The number of halogens is 1. The maximum absolute atomic E-state index is 13.2. The van der Waals surface area contributed by atoms with Gasteiger partial charge in [-0.3, -0.25) is 13.9 Å². The van der Waals surface area contributed by atoms with E-state index in [0.717, 1.165) is 23.4 Å². The van der Waals surface area contributed by atoms with Gasteiger partial charge in [-0.25, -0.2) is 12.8 Å². The highest BCUT2D eigenvalue weighted by Gasteiger charge is 2.22. The summed E-state index contributed by atoms with van der Waals surface area (Å²) >= 11 is 0. The van der Waals surface area contributed by atoms with Gasteiger partial charge < -0.3 is 10.2 Å². The number of sulfonamides is 1. The van der Waals surface area contributed by atoms with Crippen molar-refractivity contribution in [2.24, 2.45) is 0 Å². The molecule has 1 N–H and O–H groups in total. The summed E-state index contributed by atoms with van der Waals surface area (Å²) in [6.07, 6.45) is 3.35. The number of benzene rings is 2. The third-order valence-electron chi connectivity index (χ3n) is 5.10. The normalized spacial score (nSPS) is 13.8. The number of hydrogen-bond donors (Lipinski definition) is 1. The number of nitrogens with one attached hydrogen (secondary N) is 1. The van der Waals surface area contributed by atoms with E-state index in [0.29, 0.717) is 30.0 Å². The van der Waals surface area contributed by atoms with E-state index in [2.05, 4.69) is 5.32 Å². The molecule has 9 heteroatoms. The number of likely N-dealkylation sites (tertiary alicyclic amines) is 1. The Morgan fingerprint density at radius 1 is 1.06 bits per heavy atom. The quantitative estimate of drug-likeness (QED) is 0.673. The summed E-state index contributed by atoms with van der Waals surface area (Å²) in [6, 6.07) is 12.0. The molecule has 0 aromatic heterocycles. The third kappa shape index (κ3) is 6.04. The number of hydrogen-bond acceptors (Lipinski definition) is 4. The second kappa shape index (κ2) is 9.91. The molecule has 1 saturated heterocycles. The minimum absolute atomic E-state index is 0.0689. The van der Waals surface area contributed by atoms with Crippen molar-refractivity contribution in [2.75, 3.05) is 35.5 Å². The Hall–Kier alpha value is -2.94. The lowest BCUT2D eigenvalue weighted by atomic mass is 10.1. The summed E-state index contributed by atoms with van der Waals surface area (Å²) < 4.78 is 38.5. The van der Waals surface area contributed by atoms with Crippen LogP contribution in [0.15, 0.2) is 48.5 Å². The maximum atomic E-state index is 13.2. The fraction of sp³-hybridized carbons (Fsp3) is 0.364. The second-order valence-corrected chi connectivity index (χ2v) is 9.41. The van der Waals surface area contributed by atoms with Gasteiger partial charge in [-0.15, -0.1) is 0 Å². The Balaban J connectivity index is 1.61. The highest BCUT2D eigenvalue weighted by molar-refractivity contribution is 7.92. The average molecular weight is 448 g/mol. The van der Waals surface area contributed by atoms with Crippen LogP contribution >= 0.6 is 0 Å². The minimum atomic E-state index is -3.59. The molecule has 0 radical (unpaired) electrons. The lowest BCUT2D eigenvalue weighted by Crippen LogP contribution is -2.31. The molecule has 0 bridgehead atoms. The van der Waals surface area contributed by atoms with Crippen LogP contribution in [0.25, 0.3) is 0 Å². The topological polar surface area (TPSA) is 86.8 Å². The number of carbonyl (C=O) groups is 2. The molecule has 2 aromatic rings. The Labute approximate surface area is 181 Å². The van der Waals surface area contributed by atoms with Crippen molar-refractivity contribution in [2.45, 2.75) is 25.7 Å². The number of nitrogens with zero attached hydrogens (tertiary/aromatic N) is 2. The summed E-state index contributed by atoms with van der Waals surface area (Å²) in [5.74, 6) is -0.874. The van der Waals surface area contributed by atoms with Crippen LogP contribution in [0.3, 0.4) is 0 Å². The van der Waals surface area contributed by atoms with E-state index < -0.39 is 15.8 Å². The van der Waals surface area contributed by atoms with Gasteiger partial charge in [0.25, 0.3) is 5.91 Å². The summed E-state index contributed by atoms with van der Waals surface area (Å²) in [5.41, 5.74) is 1.23. The monoisotopic (exact) mass is 447 g/mol. The Bertz CT molecular complexity index is 1030. The largest absolute Gasteiger partial charge is 0.339 e. The number of amides is 2. The number of anilines is 2. The van der Waals surface area contributed by atoms with Gasteiger partial charge in [-0.2, -0.15) is 0 Å². The minimum Gasteiger partial charge on any atom is -0.339 e.